The third kappa shape index (κ3) is 4.36. The summed E-state index contributed by atoms with van der Waals surface area (Å²) >= 11 is 0. The van der Waals surface area contributed by atoms with Crippen molar-refractivity contribution in [3.8, 4) is 0 Å². The van der Waals surface area contributed by atoms with Crippen molar-refractivity contribution in [2.24, 2.45) is 0 Å². The van der Waals surface area contributed by atoms with Gasteiger partial charge in [-0.3, -0.25) is 14.2 Å². The maximum atomic E-state index is 13.8. The molecule has 1 aliphatic heterocycles. The Balaban J connectivity index is 1.46. The highest BCUT2D eigenvalue weighted by Gasteiger charge is 2.32. The van der Waals surface area contributed by atoms with E-state index in [4.69, 9.17) is 4.98 Å². The molecule has 2 heterocycles. The van der Waals surface area contributed by atoms with Crippen molar-refractivity contribution in [1.82, 2.24) is 9.55 Å². The number of hydrogen-bond acceptors (Lipinski definition) is 3. The lowest BCUT2D eigenvalue weighted by atomic mass is 10.1. The van der Waals surface area contributed by atoms with Crippen LogP contribution in [0.2, 0.25) is 0 Å². The zero-order chi connectivity index (χ0) is 25.2. The zero-order valence-electron chi connectivity index (χ0n) is 20.2. The van der Waals surface area contributed by atoms with Crippen LogP contribution in [0.15, 0.2) is 114 Å². The number of anilines is 1. The number of hydrogen-bond donors (Lipinski definition) is 0. The molecule has 1 aliphatic rings. The molecule has 1 amide bonds. The number of carbonyl (C=O) groups excluding carboxylic acids is 1. The highest BCUT2D eigenvalue weighted by molar-refractivity contribution is 6.35. The number of benzene rings is 4. The second-order valence-corrected chi connectivity index (χ2v) is 9.13. The quantitative estimate of drug-likeness (QED) is 0.290. The molecule has 0 N–H and O–H groups in total. The summed E-state index contributed by atoms with van der Waals surface area (Å²) < 4.78 is 1.69. The SMILES string of the molecule is O=C1/C(=C\c2nc3ccccc3c(=O)n2CCc2ccccc2)c2ccccc2N1Cc1ccccc1. The fourth-order valence-corrected chi connectivity index (χ4v) is 4.90. The zero-order valence-corrected chi connectivity index (χ0v) is 20.2. The van der Waals surface area contributed by atoms with Crippen LogP contribution in [0.3, 0.4) is 0 Å². The largest absolute Gasteiger partial charge is 0.303 e. The summed E-state index contributed by atoms with van der Waals surface area (Å²) in [5.41, 5.74) is 4.96. The van der Waals surface area contributed by atoms with E-state index >= 15 is 0 Å². The number of nitrogens with zero attached hydrogens (tertiary/aromatic N) is 3. The van der Waals surface area contributed by atoms with Gasteiger partial charge in [-0.25, -0.2) is 4.98 Å². The molecule has 0 bridgehead atoms. The van der Waals surface area contributed by atoms with Crippen LogP contribution in [-0.2, 0) is 24.3 Å². The Morgan fingerprint density at radius 3 is 2.14 bits per heavy atom. The molecule has 5 aromatic rings. The van der Waals surface area contributed by atoms with E-state index in [1.165, 1.54) is 0 Å². The van der Waals surface area contributed by atoms with Crippen LogP contribution in [0, 0.1) is 0 Å². The van der Waals surface area contributed by atoms with Gasteiger partial charge in [-0.15, -0.1) is 0 Å². The molecular formula is C32H25N3O2. The fraction of sp³-hybridized carbons (Fsp3) is 0.0938. The van der Waals surface area contributed by atoms with Gasteiger partial charge in [0, 0.05) is 12.1 Å². The van der Waals surface area contributed by atoms with Crippen LogP contribution in [0.1, 0.15) is 22.5 Å². The van der Waals surface area contributed by atoms with E-state index in [1.54, 1.807) is 21.6 Å². The number of aromatic nitrogens is 2. The van der Waals surface area contributed by atoms with Gasteiger partial charge >= 0.3 is 0 Å². The Hall–Kier alpha value is -4.77. The van der Waals surface area contributed by atoms with E-state index in [2.05, 4.69) is 12.1 Å². The predicted molar refractivity (Wildman–Crippen MR) is 148 cm³/mol. The smallest absolute Gasteiger partial charge is 0.261 e. The molecule has 0 saturated carbocycles. The minimum absolute atomic E-state index is 0.0953. The van der Waals surface area contributed by atoms with Crippen LogP contribution in [0.5, 0.6) is 0 Å². The number of carbonyl (C=O) groups is 1. The highest BCUT2D eigenvalue weighted by Crippen LogP contribution is 2.38. The average Bonchev–Trinajstić information content (AvgIpc) is 3.20. The molecule has 4 aromatic carbocycles. The summed E-state index contributed by atoms with van der Waals surface area (Å²) in [6.45, 7) is 0.934. The molecule has 0 unspecified atom stereocenters. The lowest BCUT2D eigenvalue weighted by Gasteiger charge is -2.17. The highest BCUT2D eigenvalue weighted by atomic mass is 16.2. The van der Waals surface area contributed by atoms with Gasteiger partial charge in [0.15, 0.2) is 0 Å². The molecule has 6 rings (SSSR count). The molecule has 5 heteroatoms. The number of fused-ring (bicyclic) bond motifs is 2. The molecule has 0 spiro atoms. The van der Waals surface area contributed by atoms with Crippen LogP contribution >= 0.6 is 0 Å². The maximum Gasteiger partial charge on any atom is 0.261 e. The van der Waals surface area contributed by atoms with Crippen molar-refractivity contribution in [2.45, 2.75) is 19.5 Å². The van der Waals surface area contributed by atoms with E-state index in [0.29, 0.717) is 41.8 Å². The molecule has 0 saturated heterocycles. The number of aryl methyl sites for hydroxylation is 1. The van der Waals surface area contributed by atoms with E-state index in [0.717, 1.165) is 22.4 Å². The Labute approximate surface area is 215 Å². The average molecular weight is 484 g/mol. The summed E-state index contributed by atoms with van der Waals surface area (Å²) in [4.78, 5) is 34.0. The number of amides is 1. The fourth-order valence-electron chi connectivity index (χ4n) is 4.90. The standard InChI is InChI=1S/C32H25N3O2/c36-31-26-16-7-9-17-28(26)33-30(34(31)20-19-23-11-3-1-4-12-23)21-27-25-15-8-10-18-29(25)35(32(27)37)22-24-13-5-2-6-14-24/h1-18,21H,19-20,22H2/b27-21-. The van der Waals surface area contributed by atoms with Crippen LogP contribution in [0.4, 0.5) is 5.69 Å². The number of rotatable bonds is 6. The Bertz CT molecular complexity index is 1690. The summed E-state index contributed by atoms with van der Waals surface area (Å²) in [5, 5.41) is 0.571. The van der Waals surface area contributed by atoms with Crippen molar-refractivity contribution in [1.29, 1.82) is 0 Å². The lowest BCUT2D eigenvalue weighted by molar-refractivity contribution is -0.113. The summed E-state index contributed by atoms with van der Waals surface area (Å²) in [6.07, 6.45) is 2.46. The monoisotopic (exact) mass is 483 g/mol. The summed E-state index contributed by atoms with van der Waals surface area (Å²) in [7, 11) is 0. The van der Waals surface area contributed by atoms with E-state index in [9.17, 15) is 9.59 Å². The first-order valence-electron chi connectivity index (χ1n) is 12.4. The van der Waals surface area contributed by atoms with Crippen LogP contribution in [0.25, 0.3) is 22.6 Å². The van der Waals surface area contributed by atoms with Crippen molar-refractivity contribution in [3.05, 3.63) is 142 Å². The van der Waals surface area contributed by atoms with Crippen molar-refractivity contribution < 1.29 is 4.79 Å². The minimum Gasteiger partial charge on any atom is -0.303 e. The van der Waals surface area contributed by atoms with Gasteiger partial charge in [0.1, 0.15) is 5.82 Å². The first kappa shape index (κ1) is 22.7. The topological polar surface area (TPSA) is 55.2 Å². The molecule has 0 atom stereocenters. The van der Waals surface area contributed by atoms with Gasteiger partial charge in [0.05, 0.1) is 28.7 Å². The summed E-state index contributed by atoms with van der Waals surface area (Å²) in [6, 6.07) is 35.2. The predicted octanol–water partition coefficient (Wildman–Crippen LogP) is 5.73. The van der Waals surface area contributed by atoms with Gasteiger partial charge in [0.25, 0.3) is 11.5 Å². The minimum atomic E-state index is -0.103. The van der Waals surface area contributed by atoms with E-state index in [-0.39, 0.29) is 11.5 Å². The Kier molecular flexibility index (Phi) is 5.95. The van der Waals surface area contributed by atoms with Crippen molar-refractivity contribution in [2.75, 3.05) is 4.90 Å². The van der Waals surface area contributed by atoms with Gasteiger partial charge in [-0.2, -0.15) is 0 Å². The molecule has 0 fully saturated rings. The van der Waals surface area contributed by atoms with E-state index in [1.807, 2.05) is 91.0 Å². The molecular weight excluding hydrogens is 458 g/mol. The van der Waals surface area contributed by atoms with Crippen molar-refractivity contribution >= 4 is 34.1 Å². The first-order valence-corrected chi connectivity index (χ1v) is 12.4. The first-order chi connectivity index (χ1) is 18.2. The molecule has 180 valence electrons. The third-order valence-corrected chi connectivity index (χ3v) is 6.78. The molecule has 37 heavy (non-hydrogen) atoms. The van der Waals surface area contributed by atoms with Gasteiger partial charge in [0.2, 0.25) is 0 Å². The molecule has 5 nitrogen and oxygen atoms in total. The van der Waals surface area contributed by atoms with Crippen molar-refractivity contribution in [3.63, 3.8) is 0 Å². The number of para-hydroxylation sites is 2. The second-order valence-electron chi connectivity index (χ2n) is 9.13. The van der Waals surface area contributed by atoms with Crippen LogP contribution < -0.4 is 10.5 Å². The third-order valence-electron chi connectivity index (χ3n) is 6.78. The molecule has 1 aromatic heterocycles. The molecule has 0 aliphatic carbocycles. The normalized spacial score (nSPS) is 13.9. The Morgan fingerprint density at radius 1 is 0.703 bits per heavy atom. The Morgan fingerprint density at radius 2 is 1.35 bits per heavy atom. The van der Waals surface area contributed by atoms with Gasteiger partial charge in [-0.05, 0) is 41.8 Å². The van der Waals surface area contributed by atoms with Gasteiger partial charge in [-0.1, -0.05) is 91.0 Å². The van der Waals surface area contributed by atoms with E-state index < -0.39 is 0 Å². The summed E-state index contributed by atoms with van der Waals surface area (Å²) in [5.74, 6) is 0.390. The second kappa shape index (κ2) is 9.70. The molecule has 0 radical (unpaired) electrons. The lowest BCUT2D eigenvalue weighted by Crippen LogP contribution is -2.27. The van der Waals surface area contributed by atoms with Gasteiger partial charge < -0.3 is 4.90 Å². The maximum absolute atomic E-state index is 13.8. The van der Waals surface area contributed by atoms with Crippen LogP contribution in [-0.4, -0.2) is 15.5 Å².